The van der Waals surface area contributed by atoms with E-state index in [9.17, 15) is 14.4 Å². The quantitative estimate of drug-likeness (QED) is 0.145. The standard InChI is InChI=1S/C24H37N3O8/c1-4-26(5-2)22(29)24(19-12-8-6-9-13-19)16-20(24)17-25-23(30)35-18(3)34-21(28)14-10-7-11-15-33-27(31)32/h6,8-9,12-13,18,20,31-32H,4-5,7,10-11,14-17H2,1-3H3,(H,25,30)/t18?,20-,24+/m1/s1. The van der Waals surface area contributed by atoms with Crippen LogP contribution in [0.25, 0.3) is 0 Å². The van der Waals surface area contributed by atoms with E-state index in [1.807, 2.05) is 49.1 Å². The Morgan fingerprint density at radius 2 is 1.77 bits per heavy atom. The highest BCUT2D eigenvalue weighted by molar-refractivity contribution is 5.92. The number of carbonyl (C=O) groups excluding carboxylic acids is 3. The molecular formula is C24H37N3O8. The minimum Gasteiger partial charge on any atom is -0.425 e. The number of nitrogens with zero attached hydrogens (tertiary/aromatic N) is 2. The first-order valence-electron chi connectivity index (χ1n) is 12.0. The van der Waals surface area contributed by atoms with E-state index >= 15 is 0 Å². The van der Waals surface area contributed by atoms with Crippen LogP contribution in [0, 0.1) is 5.92 Å². The number of carbonyl (C=O) groups is 3. The number of ether oxygens (including phenoxy) is 2. The molecule has 11 nitrogen and oxygen atoms in total. The van der Waals surface area contributed by atoms with Crippen molar-refractivity contribution in [2.75, 3.05) is 26.2 Å². The fraction of sp³-hybridized carbons (Fsp3) is 0.625. The summed E-state index contributed by atoms with van der Waals surface area (Å²) in [6.07, 6.45) is 0.658. The van der Waals surface area contributed by atoms with Crippen LogP contribution in [0.2, 0.25) is 0 Å². The molecule has 1 unspecified atom stereocenters. The first-order valence-corrected chi connectivity index (χ1v) is 12.0. The summed E-state index contributed by atoms with van der Waals surface area (Å²) < 4.78 is 10.2. The summed E-state index contributed by atoms with van der Waals surface area (Å²) in [5, 5.41) is 19.2. The van der Waals surface area contributed by atoms with Crippen LogP contribution in [-0.2, 0) is 29.3 Å². The lowest BCUT2D eigenvalue weighted by molar-refractivity contribution is -0.492. The minimum atomic E-state index is -1.06. The van der Waals surface area contributed by atoms with Gasteiger partial charge in [-0.15, -0.1) is 0 Å². The smallest absolute Gasteiger partial charge is 0.410 e. The fourth-order valence-electron chi connectivity index (χ4n) is 4.21. The second kappa shape index (κ2) is 14.0. The number of unbranched alkanes of at least 4 members (excludes halogenated alkanes) is 2. The monoisotopic (exact) mass is 495 g/mol. The van der Waals surface area contributed by atoms with Gasteiger partial charge in [-0.25, -0.2) is 4.79 Å². The molecule has 1 saturated carbocycles. The number of hydrogen-bond acceptors (Lipinski definition) is 9. The second-order valence-electron chi connectivity index (χ2n) is 8.46. The normalized spacial score (nSPS) is 19.7. The third kappa shape index (κ3) is 8.46. The van der Waals surface area contributed by atoms with Gasteiger partial charge in [-0.2, -0.15) is 0 Å². The Balaban J connectivity index is 1.77. The van der Waals surface area contributed by atoms with Crippen molar-refractivity contribution in [1.29, 1.82) is 0 Å². The lowest BCUT2D eigenvalue weighted by Gasteiger charge is -2.26. The van der Waals surface area contributed by atoms with Crippen LogP contribution in [0.3, 0.4) is 0 Å². The first-order chi connectivity index (χ1) is 16.7. The van der Waals surface area contributed by atoms with Crippen LogP contribution in [0.5, 0.6) is 0 Å². The van der Waals surface area contributed by atoms with Gasteiger partial charge in [0, 0.05) is 33.0 Å². The summed E-state index contributed by atoms with van der Waals surface area (Å²) in [5.74, 6) is -0.504. The molecule has 0 aromatic heterocycles. The molecule has 1 fully saturated rings. The molecule has 2 amide bonds. The van der Waals surface area contributed by atoms with Crippen molar-refractivity contribution in [2.45, 2.75) is 64.6 Å². The number of hydrogen-bond donors (Lipinski definition) is 3. The largest absolute Gasteiger partial charge is 0.425 e. The summed E-state index contributed by atoms with van der Waals surface area (Å²) >= 11 is 0. The van der Waals surface area contributed by atoms with Gasteiger partial charge >= 0.3 is 12.1 Å². The molecule has 1 aromatic carbocycles. The van der Waals surface area contributed by atoms with Gasteiger partial charge in [-0.3, -0.25) is 24.8 Å². The molecule has 0 aliphatic heterocycles. The molecule has 11 heteroatoms. The highest BCUT2D eigenvalue weighted by atomic mass is 17.1. The van der Waals surface area contributed by atoms with Gasteiger partial charge in [0.15, 0.2) is 0 Å². The first kappa shape index (κ1) is 28.5. The van der Waals surface area contributed by atoms with Crippen LogP contribution >= 0.6 is 0 Å². The van der Waals surface area contributed by atoms with E-state index in [2.05, 4.69) is 10.2 Å². The number of esters is 1. The van der Waals surface area contributed by atoms with Crippen LogP contribution in [0.15, 0.2) is 30.3 Å². The average molecular weight is 496 g/mol. The van der Waals surface area contributed by atoms with Crippen molar-refractivity contribution in [3.63, 3.8) is 0 Å². The molecular weight excluding hydrogens is 458 g/mol. The summed E-state index contributed by atoms with van der Waals surface area (Å²) in [4.78, 5) is 43.7. The van der Waals surface area contributed by atoms with Crippen LogP contribution < -0.4 is 5.32 Å². The predicted octanol–water partition coefficient (Wildman–Crippen LogP) is 3.00. The number of alkyl carbamates (subject to hydrolysis) is 1. The molecule has 1 aliphatic rings. The zero-order valence-corrected chi connectivity index (χ0v) is 20.6. The van der Waals surface area contributed by atoms with Gasteiger partial charge in [0.2, 0.25) is 12.2 Å². The minimum absolute atomic E-state index is 0.0591. The van der Waals surface area contributed by atoms with E-state index < -0.39 is 23.8 Å². The molecule has 1 aliphatic carbocycles. The SMILES string of the molecule is CCN(CC)C(=O)[C@]1(c2ccccc2)C[C@@H]1CNC(=O)OC(C)OC(=O)CCCCCON(O)O. The number of nitrogens with one attached hydrogen (secondary N) is 1. The molecule has 3 atom stereocenters. The zero-order valence-electron chi connectivity index (χ0n) is 20.6. The van der Waals surface area contributed by atoms with E-state index in [4.69, 9.17) is 19.9 Å². The molecule has 0 saturated heterocycles. The van der Waals surface area contributed by atoms with E-state index in [1.54, 1.807) is 0 Å². The van der Waals surface area contributed by atoms with Crippen molar-refractivity contribution >= 4 is 18.0 Å². The lowest BCUT2D eigenvalue weighted by atomic mass is 9.91. The van der Waals surface area contributed by atoms with Crippen molar-refractivity contribution < 1.29 is 39.1 Å². The third-order valence-electron chi connectivity index (χ3n) is 6.12. The molecule has 0 spiro atoms. The maximum Gasteiger partial charge on any atom is 0.410 e. The summed E-state index contributed by atoms with van der Waals surface area (Å²) in [6.45, 7) is 6.96. The Bertz CT molecular complexity index is 818. The van der Waals surface area contributed by atoms with Gasteiger partial charge in [0.25, 0.3) is 0 Å². The van der Waals surface area contributed by atoms with Crippen LogP contribution in [0.1, 0.15) is 58.4 Å². The van der Waals surface area contributed by atoms with E-state index in [0.717, 1.165) is 5.56 Å². The molecule has 196 valence electrons. The van der Waals surface area contributed by atoms with Gasteiger partial charge in [0.1, 0.15) is 0 Å². The Kier molecular flexibility index (Phi) is 11.4. The zero-order chi connectivity index (χ0) is 25.8. The fourth-order valence-corrected chi connectivity index (χ4v) is 4.21. The van der Waals surface area contributed by atoms with Gasteiger partial charge in [0.05, 0.1) is 17.4 Å². The second-order valence-corrected chi connectivity index (χ2v) is 8.46. The van der Waals surface area contributed by atoms with E-state index in [0.29, 0.717) is 38.8 Å². The van der Waals surface area contributed by atoms with Crippen molar-refractivity contribution in [3.8, 4) is 0 Å². The number of benzene rings is 1. The molecule has 35 heavy (non-hydrogen) atoms. The highest BCUT2D eigenvalue weighted by Crippen LogP contribution is 2.55. The Labute approximate surface area is 205 Å². The lowest BCUT2D eigenvalue weighted by Crippen LogP contribution is -2.41. The van der Waals surface area contributed by atoms with Crippen molar-refractivity contribution in [3.05, 3.63) is 35.9 Å². The van der Waals surface area contributed by atoms with Gasteiger partial charge in [-0.1, -0.05) is 36.8 Å². The summed E-state index contributed by atoms with van der Waals surface area (Å²) in [5.41, 5.74) is 0.284. The summed E-state index contributed by atoms with van der Waals surface area (Å²) in [6, 6.07) is 9.62. The topological polar surface area (TPSA) is 138 Å². The molecule has 1 aromatic rings. The van der Waals surface area contributed by atoms with Crippen LogP contribution in [0.4, 0.5) is 4.79 Å². The Morgan fingerprint density at radius 3 is 2.40 bits per heavy atom. The van der Waals surface area contributed by atoms with Gasteiger partial charge < -0.3 is 19.7 Å². The predicted molar refractivity (Wildman–Crippen MR) is 124 cm³/mol. The van der Waals surface area contributed by atoms with Crippen LogP contribution in [-0.4, -0.2) is 71.2 Å². The maximum absolute atomic E-state index is 13.3. The molecule has 3 N–H and O–H groups in total. The molecule has 0 heterocycles. The Hall–Kier alpha value is -2.73. The number of rotatable bonds is 15. The molecule has 0 bridgehead atoms. The highest BCUT2D eigenvalue weighted by Gasteiger charge is 2.61. The average Bonchev–Trinajstić information content (AvgIpc) is 3.56. The number of likely N-dealkylation sites (N-methyl/N-ethyl adjacent to an activating group) is 1. The molecule has 2 rings (SSSR count). The number of amides is 2. The van der Waals surface area contributed by atoms with Gasteiger partial charge in [-0.05, 0) is 44.6 Å². The van der Waals surface area contributed by atoms with Crippen molar-refractivity contribution in [2.24, 2.45) is 5.92 Å². The third-order valence-corrected chi connectivity index (χ3v) is 6.12. The van der Waals surface area contributed by atoms with E-state index in [1.165, 1.54) is 6.92 Å². The Morgan fingerprint density at radius 1 is 1.09 bits per heavy atom. The summed E-state index contributed by atoms with van der Waals surface area (Å²) in [7, 11) is 0. The van der Waals surface area contributed by atoms with Crippen molar-refractivity contribution in [1.82, 2.24) is 15.6 Å². The van der Waals surface area contributed by atoms with E-state index in [-0.39, 0.29) is 36.8 Å². The molecule has 0 radical (unpaired) electrons. The maximum atomic E-state index is 13.3.